The Labute approximate surface area is 124 Å². The molecule has 0 aromatic heterocycles. The van der Waals surface area contributed by atoms with E-state index in [0.717, 1.165) is 17.4 Å². The van der Waals surface area contributed by atoms with E-state index in [9.17, 15) is 14.9 Å². The molecule has 5 nitrogen and oxygen atoms in total. The van der Waals surface area contributed by atoms with Crippen molar-refractivity contribution in [2.24, 2.45) is 5.92 Å². The van der Waals surface area contributed by atoms with Crippen LogP contribution in [0.15, 0.2) is 12.1 Å². The lowest BCUT2D eigenvalue weighted by molar-refractivity contribution is -0.119. The number of benzene rings is 1. The number of fused-ring (bicyclic) bond motifs is 1. The number of carbonyl (C=O) groups excluding carboxylic acids is 2. The van der Waals surface area contributed by atoms with Gasteiger partial charge in [0.2, 0.25) is 5.91 Å². The Kier molecular flexibility index (Phi) is 4.39. The topological polar surface area (TPSA) is 73.2 Å². The number of amides is 1. The Morgan fingerprint density at radius 2 is 2.19 bits per heavy atom. The summed E-state index contributed by atoms with van der Waals surface area (Å²) < 4.78 is 0. The molecule has 1 aliphatic rings. The largest absolute Gasteiger partial charge is 0.325 e. The number of nitriles is 1. The Morgan fingerprint density at radius 3 is 2.76 bits per heavy atom. The van der Waals surface area contributed by atoms with Crippen molar-refractivity contribution in [1.29, 1.82) is 5.26 Å². The highest BCUT2D eigenvalue weighted by Gasteiger charge is 2.25. The maximum Gasteiger partial charge on any atom is 0.241 e. The fourth-order valence-electron chi connectivity index (χ4n) is 2.52. The number of aldehydes is 1. The molecule has 0 radical (unpaired) electrons. The molecule has 1 unspecified atom stereocenters. The summed E-state index contributed by atoms with van der Waals surface area (Å²) in [6, 6.07) is 5.46. The quantitative estimate of drug-likeness (QED) is 0.848. The van der Waals surface area contributed by atoms with Gasteiger partial charge in [-0.05, 0) is 57.1 Å². The molecule has 0 spiro atoms. The van der Waals surface area contributed by atoms with Gasteiger partial charge in [-0.2, -0.15) is 5.26 Å². The molecule has 110 valence electrons. The van der Waals surface area contributed by atoms with E-state index in [2.05, 4.69) is 11.4 Å². The zero-order valence-electron chi connectivity index (χ0n) is 12.5. The van der Waals surface area contributed by atoms with E-state index in [1.165, 1.54) is 0 Å². The summed E-state index contributed by atoms with van der Waals surface area (Å²) in [6.07, 6.45) is 2.19. The van der Waals surface area contributed by atoms with Crippen molar-refractivity contribution in [3.05, 3.63) is 28.8 Å². The highest BCUT2D eigenvalue weighted by atomic mass is 16.2. The van der Waals surface area contributed by atoms with Crippen LogP contribution in [0, 0.1) is 17.2 Å². The molecular weight excluding hydrogens is 266 g/mol. The first-order valence-corrected chi connectivity index (χ1v) is 6.94. The molecular formula is C16H19N3O2. The van der Waals surface area contributed by atoms with Gasteiger partial charge in [-0.15, -0.1) is 0 Å². The van der Waals surface area contributed by atoms with Crippen LogP contribution in [0.25, 0.3) is 0 Å². The molecule has 5 heteroatoms. The van der Waals surface area contributed by atoms with Crippen LogP contribution in [-0.2, 0) is 22.4 Å². The molecule has 1 aromatic rings. The summed E-state index contributed by atoms with van der Waals surface area (Å²) in [5.41, 5.74) is 3.09. The molecule has 1 aromatic carbocycles. The van der Waals surface area contributed by atoms with Gasteiger partial charge in [0.05, 0.1) is 17.7 Å². The lowest BCUT2D eigenvalue weighted by atomic mass is 10.0. The highest BCUT2D eigenvalue weighted by molar-refractivity contribution is 5.94. The molecule has 1 N–H and O–H groups in total. The second-order valence-corrected chi connectivity index (χ2v) is 5.71. The molecule has 21 heavy (non-hydrogen) atoms. The predicted octanol–water partition coefficient (Wildman–Crippen LogP) is 1.36. The number of nitrogens with zero attached hydrogens (tertiary/aromatic N) is 2. The summed E-state index contributed by atoms with van der Waals surface area (Å²) in [5, 5.41) is 12.1. The van der Waals surface area contributed by atoms with Gasteiger partial charge in [0.15, 0.2) is 0 Å². The average Bonchev–Trinajstić information content (AvgIpc) is 2.88. The van der Waals surface area contributed by atoms with Crippen LogP contribution in [0.4, 0.5) is 5.69 Å². The molecule has 0 saturated carbocycles. The Morgan fingerprint density at radius 1 is 1.48 bits per heavy atom. The number of likely N-dealkylation sites (N-methyl/N-ethyl adjacent to an activating group) is 1. The summed E-state index contributed by atoms with van der Waals surface area (Å²) >= 11 is 0. The number of anilines is 1. The third kappa shape index (κ3) is 3.11. The van der Waals surface area contributed by atoms with Crippen LogP contribution < -0.4 is 5.32 Å². The fraction of sp³-hybridized carbons (Fsp3) is 0.438. The number of hydrogen-bond donors (Lipinski definition) is 1. The maximum atomic E-state index is 12.1. The van der Waals surface area contributed by atoms with Gasteiger partial charge >= 0.3 is 0 Å². The number of carbonyl (C=O) groups is 2. The average molecular weight is 285 g/mol. The molecule has 2 atom stereocenters. The third-order valence-electron chi connectivity index (χ3n) is 4.03. The van der Waals surface area contributed by atoms with Crippen molar-refractivity contribution in [3.63, 3.8) is 0 Å². The third-order valence-corrected chi connectivity index (χ3v) is 4.03. The van der Waals surface area contributed by atoms with Gasteiger partial charge in [0.1, 0.15) is 6.29 Å². The van der Waals surface area contributed by atoms with Crippen LogP contribution in [0.1, 0.15) is 23.6 Å². The zero-order valence-corrected chi connectivity index (χ0v) is 12.5. The monoisotopic (exact) mass is 285 g/mol. The minimum absolute atomic E-state index is 0.0567. The van der Waals surface area contributed by atoms with Crippen LogP contribution in [-0.4, -0.2) is 37.2 Å². The second kappa shape index (κ2) is 6.06. The van der Waals surface area contributed by atoms with Crippen molar-refractivity contribution in [2.75, 3.05) is 19.4 Å². The molecule has 0 fully saturated rings. The molecule has 0 heterocycles. The van der Waals surface area contributed by atoms with Crippen LogP contribution in [0.5, 0.6) is 0 Å². The number of rotatable bonds is 4. The van der Waals surface area contributed by atoms with E-state index in [1.807, 2.05) is 32.0 Å². The fourth-order valence-corrected chi connectivity index (χ4v) is 2.52. The molecule has 1 aliphatic carbocycles. The number of nitrogens with one attached hydrogen (secondary N) is 1. The SMILES string of the molecule is C[C@H](C(=O)Nc1cc(C#N)c2c(c1)CC(C=O)C2)N(C)C. The Hall–Kier alpha value is -2.19. The van der Waals surface area contributed by atoms with Crippen LogP contribution >= 0.6 is 0 Å². The molecule has 0 bridgehead atoms. The predicted molar refractivity (Wildman–Crippen MR) is 79.9 cm³/mol. The van der Waals surface area contributed by atoms with E-state index in [4.69, 9.17) is 0 Å². The number of hydrogen-bond acceptors (Lipinski definition) is 4. The first kappa shape index (κ1) is 15.2. The van der Waals surface area contributed by atoms with Crippen molar-refractivity contribution in [2.45, 2.75) is 25.8 Å². The van der Waals surface area contributed by atoms with E-state index in [-0.39, 0.29) is 17.9 Å². The lowest BCUT2D eigenvalue weighted by Gasteiger charge is -2.19. The smallest absolute Gasteiger partial charge is 0.241 e. The Balaban J connectivity index is 2.26. The van der Waals surface area contributed by atoms with Crippen LogP contribution in [0.3, 0.4) is 0 Å². The van der Waals surface area contributed by atoms with Gasteiger partial charge in [0.25, 0.3) is 0 Å². The Bertz CT molecular complexity index is 617. The highest BCUT2D eigenvalue weighted by Crippen LogP contribution is 2.31. The summed E-state index contributed by atoms with van der Waals surface area (Å²) in [5.74, 6) is -0.174. The minimum Gasteiger partial charge on any atom is -0.325 e. The van der Waals surface area contributed by atoms with Crippen LogP contribution in [0.2, 0.25) is 0 Å². The van der Waals surface area contributed by atoms with E-state index >= 15 is 0 Å². The van der Waals surface area contributed by atoms with Crippen molar-refractivity contribution in [1.82, 2.24) is 4.90 Å². The summed E-state index contributed by atoms with van der Waals surface area (Å²) in [7, 11) is 3.67. The van der Waals surface area contributed by atoms with Gasteiger partial charge in [0, 0.05) is 11.6 Å². The zero-order chi connectivity index (χ0) is 15.6. The van der Waals surface area contributed by atoms with E-state index < -0.39 is 0 Å². The van der Waals surface area contributed by atoms with Gasteiger partial charge in [-0.3, -0.25) is 9.69 Å². The molecule has 2 rings (SSSR count). The lowest BCUT2D eigenvalue weighted by Crippen LogP contribution is -2.37. The molecule has 1 amide bonds. The van der Waals surface area contributed by atoms with Gasteiger partial charge < -0.3 is 10.1 Å². The summed E-state index contributed by atoms with van der Waals surface area (Å²) in [4.78, 5) is 24.8. The molecule has 0 aliphatic heterocycles. The van der Waals surface area contributed by atoms with Crippen molar-refractivity contribution < 1.29 is 9.59 Å². The second-order valence-electron chi connectivity index (χ2n) is 5.71. The normalized spacial score (nSPS) is 18.0. The first-order valence-electron chi connectivity index (χ1n) is 6.94. The van der Waals surface area contributed by atoms with Crippen molar-refractivity contribution in [3.8, 4) is 6.07 Å². The summed E-state index contributed by atoms with van der Waals surface area (Å²) in [6.45, 7) is 1.82. The standard InChI is InChI=1S/C16H19N3O2/c1-10(19(2)3)16(21)18-14-6-12-4-11(9-20)5-15(12)13(7-14)8-17/h6-7,9-11H,4-5H2,1-3H3,(H,18,21)/t10-,11?/m1/s1. The minimum atomic E-state index is -0.258. The van der Waals surface area contributed by atoms with Gasteiger partial charge in [-0.25, -0.2) is 0 Å². The van der Waals surface area contributed by atoms with Gasteiger partial charge in [-0.1, -0.05) is 0 Å². The van der Waals surface area contributed by atoms with E-state index in [0.29, 0.717) is 24.1 Å². The van der Waals surface area contributed by atoms with E-state index in [1.54, 1.807) is 6.07 Å². The van der Waals surface area contributed by atoms with Crippen molar-refractivity contribution >= 4 is 17.9 Å². The first-order chi connectivity index (χ1) is 9.96. The molecule has 0 saturated heterocycles. The maximum absolute atomic E-state index is 12.1.